The molecule has 2 aromatic carbocycles. The first-order chi connectivity index (χ1) is 15.1. The number of carbonyl (C=O) groups is 1. The molecule has 0 spiro atoms. The van der Waals surface area contributed by atoms with Gasteiger partial charge in [0.05, 0.1) is 23.5 Å². The monoisotopic (exact) mass is 481 g/mol. The summed E-state index contributed by atoms with van der Waals surface area (Å²) in [5.74, 6) is 0.631. The number of carbonyl (C=O) groups excluding carboxylic acids is 1. The van der Waals surface area contributed by atoms with E-state index in [0.717, 1.165) is 11.3 Å². The van der Waals surface area contributed by atoms with Crippen LogP contribution in [-0.4, -0.2) is 58.8 Å². The lowest BCUT2D eigenvalue weighted by molar-refractivity contribution is -0.116. The van der Waals surface area contributed by atoms with Gasteiger partial charge in [-0.15, -0.1) is 0 Å². The van der Waals surface area contributed by atoms with Crippen LogP contribution in [0.3, 0.4) is 0 Å². The van der Waals surface area contributed by atoms with Crippen LogP contribution in [0.25, 0.3) is 0 Å². The fraction of sp³-hybridized carbons (Fsp3) is 0.381. The van der Waals surface area contributed by atoms with Crippen LogP contribution in [0.2, 0.25) is 0 Å². The molecule has 2 aromatic rings. The molecule has 0 radical (unpaired) electrons. The summed E-state index contributed by atoms with van der Waals surface area (Å²) in [7, 11) is -5.37. The zero-order valence-electron chi connectivity index (χ0n) is 17.7. The van der Waals surface area contributed by atoms with E-state index in [2.05, 4.69) is 5.32 Å². The number of primary sulfonamides is 1. The number of benzene rings is 2. The van der Waals surface area contributed by atoms with Crippen molar-refractivity contribution >= 4 is 31.5 Å². The standard InChI is InChI=1S/C21H27N3O6S2/c1-30-19-7-5-16(6-8-19)14-24(18-10-12-31(26,27)15-18)11-9-21(25)23-17-3-2-4-20(13-17)32(22,28)29/h2-8,13,18H,9-12,14-15H2,1H3,(H,23,25)(H2,22,28,29). The summed E-state index contributed by atoms with van der Waals surface area (Å²) >= 11 is 0. The molecule has 11 heteroatoms. The van der Waals surface area contributed by atoms with Crippen molar-refractivity contribution in [2.75, 3.05) is 30.5 Å². The molecule has 9 nitrogen and oxygen atoms in total. The van der Waals surface area contributed by atoms with Crippen LogP contribution in [0.1, 0.15) is 18.4 Å². The van der Waals surface area contributed by atoms with Gasteiger partial charge in [0, 0.05) is 31.2 Å². The quantitative estimate of drug-likeness (QED) is 0.552. The Balaban J connectivity index is 1.67. The molecule has 0 aliphatic carbocycles. The largest absolute Gasteiger partial charge is 0.497 e. The lowest BCUT2D eigenvalue weighted by Gasteiger charge is -2.28. The zero-order valence-corrected chi connectivity index (χ0v) is 19.4. The van der Waals surface area contributed by atoms with Gasteiger partial charge >= 0.3 is 0 Å². The third-order valence-corrected chi connectivity index (χ3v) is 8.00. The van der Waals surface area contributed by atoms with Crippen molar-refractivity contribution in [2.45, 2.75) is 30.3 Å². The molecule has 3 N–H and O–H groups in total. The molecule has 1 fully saturated rings. The summed E-state index contributed by atoms with van der Waals surface area (Å²) in [6.07, 6.45) is 0.642. The average molecular weight is 482 g/mol. The molecule has 1 aliphatic heterocycles. The molecule has 32 heavy (non-hydrogen) atoms. The Hall–Kier alpha value is -2.47. The van der Waals surface area contributed by atoms with Gasteiger partial charge in [-0.1, -0.05) is 18.2 Å². The highest BCUT2D eigenvalue weighted by Gasteiger charge is 2.32. The van der Waals surface area contributed by atoms with Crippen molar-refractivity contribution in [3.63, 3.8) is 0 Å². The van der Waals surface area contributed by atoms with Gasteiger partial charge < -0.3 is 10.1 Å². The van der Waals surface area contributed by atoms with Gasteiger partial charge in [0.2, 0.25) is 15.9 Å². The number of nitrogens with zero attached hydrogens (tertiary/aromatic N) is 1. The number of sulfone groups is 1. The number of nitrogens with two attached hydrogens (primary N) is 1. The van der Waals surface area contributed by atoms with Gasteiger partial charge in [-0.25, -0.2) is 22.0 Å². The molecule has 174 valence electrons. The smallest absolute Gasteiger partial charge is 0.238 e. The normalized spacial score (nSPS) is 17.9. The van der Waals surface area contributed by atoms with Gasteiger partial charge in [-0.05, 0) is 42.3 Å². The van der Waals surface area contributed by atoms with Gasteiger partial charge in [0.25, 0.3) is 0 Å². The van der Waals surface area contributed by atoms with E-state index in [0.29, 0.717) is 25.2 Å². The first kappa shape index (κ1) is 24.2. The molecule has 1 unspecified atom stereocenters. The van der Waals surface area contributed by atoms with E-state index in [-0.39, 0.29) is 34.8 Å². The van der Waals surface area contributed by atoms with Crippen LogP contribution in [0.5, 0.6) is 5.75 Å². The van der Waals surface area contributed by atoms with E-state index in [1.54, 1.807) is 13.2 Å². The first-order valence-electron chi connectivity index (χ1n) is 10.1. The first-order valence-corrected chi connectivity index (χ1v) is 13.4. The second-order valence-electron chi connectivity index (χ2n) is 7.75. The lowest BCUT2D eigenvalue weighted by Crippen LogP contribution is -2.37. The fourth-order valence-electron chi connectivity index (χ4n) is 3.64. The van der Waals surface area contributed by atoms with Crippen LogP contribution >= 0.6 is 0 Å². The highest BCUT2D eigenvalue weighted by Crippen LogP contribution is 2.22. The topological polar surface area (TPSA) is 136 Å². The summed E-state index contributed by atoms with van der Waals surface area (Å²) < 4.78 is 52.2. The highest BCUT2D eigenvalue weighted by atomic mass is 32.2. The average Bonchev–Trinajstić information content (AvgIpc) is 3.10. The van der Waals surface area contributed by atoms with E-state index in [1.807, 2.05) is 29.2 Å². The molecule has 3 rings (SSSR count). The van der Waals surface area contributed by atoms with Crippen molar-refractivity contribution in [1.29, 1.82) is 0 Å². The van der Waals surface area contributed by atoms with E-state index in [1.165, 1.54) is 18.2 Å². The second kappa shape index (κ2) is 9.99. The molecular formula is C21H27N3O6S2. The molecule has 0 saturated carbocycles. The third-order valence-electron chi connectivity index (χ3n) is 5.34. The maximum atomic E-state index is 12.5. The van der Waals surface area contributed by atoms with Crippen LogP contribution in [0.15, 0.2) is 53.4 Å². The van der Waals surface area contributed by atoms with E-state index in [4.69, 9.17) is 9.88 Å². The second-order valence-corrected chi connectivity index (χ2v) is 11.5. The Morgan fingerprint density at radius 3 is 2.53 bits per heavy atom. The van der Waals surface area contributed by atoms with Crippen molar-refractivity contribution in [1.82, 2.24) is 4.90 Å². The number of anilines is 1. The minimum absolute atomic E-state index is 0.0706. The summed E-state index contributed by atoms with van der Waals surface area (Å²) in [5.41, 5.74) is 1.31. The summed E-state index contributed by atoms with van der Waals surface area (Å²) in [6.45, 7) is 0.852. The Bertz CT molecular complexity index is 1160. The van der Waals surface area contributed by atoms with E-state index in [9.17, 15) is 21.6 Å². The van der Waals surface area contributed by atoms with E-state index < -0.39 is 19.9 Å². The Kier molecular flexibility index (Phi) is 7.55. The van der Waals surface area contributed by atoms with Crippen LogP contribution in [-0.2, 0) is 31.2 Å². The molecule has 0 aromatic heterocycles. The minimum Gasteiger partial charge on any atom is -0.497 e. The number of rotatable bonds is 9. The molecule has 1 heterocycles. The summed E-state index contributed by atoms with van der Waals surface area (Å²) in [4.78, 5) is 14.4. The predicted molar refractivity (Wildman–Crippen MR) is 122 cm³/mol. The van der Waals surface area contributed by atoms with Gasteiger partial charge in [0.1, 0.15) is 5.75 Å². The van der Waals surface area contributed by atoms with Gasteiger partial charge in [-0.3, -0.25) is 9.69 Å². The van der Waals surface area contributed by atoms with E-state index >= 15 is 0 Å². The van der Waals surface area contributed by atoms with Crippen molar-refractivity contribution < 1.29 is 26.4 Å². The molecule has 1 saturated heterocycles. The third kappa shape index (κ3) is 6.76. The van der Waals surface area contributed by atoms with Crippen LogP contribution in [0, 0.1) is 0 Å². The number of ether oxygens (including phenoxy) is 1. The Morgan fingerprint density at radius 1 is 1.22 bits per heavy atom. The highest BCUT2D eigenvalue weighted by molar-refractivity contribution is 7.91. The number of hydrogen-bond acceptors (Lipinski definition) is 7. The van der Waals surface area contributed by atoms with Crippen LogP contribution in [0.4, 0.5) is 5.69 Å². The number of hydrogen-bond donors (Lipinski definition) is 2. The molecule has 1 atom stereocenters. The van der Waals surface area contributed by atoms with Crippen LogP contribution < -0.4 is 15.2 Å². The zero-order chi connectivity index (χ0) is 23.4. The summed E-state index contributed by atoms with van der Waals surface area (Å²) in [5, 5.41) is 7.81. The van der Waals surface area contributed by atoms with Crippen molar-refractivity contribution in [2.24, 2.45) is 5.14 Å². The lowest BCUT2D eigenvalue weighted by atomic mass is 10.1. The van der Waals surface area contributed by atoms with Crippen molar-refractivity contribution in [3.05, 3.63) is 54.1 Å². The molecule has 1 amide bonds. The Labute approximate surface area is 188 Å². The number of amides is 1. The number of sulfonamides is 1. The fourth-order valence-corrected chi connectivity index (χ4v) is 5.96. The SMILES string of the molecule is COc1ccc(CN(CCC(=O)Nc2cccc(S(N)(=O)=O)c2)C2CCS(=O)(=O)C2)cc1. The number of methoxy groups -OCH3 is 1. The summed E-state index contributed by atoms with van der Waals surface area (Å²) in [6, 6.07) is 13.0. The maximum Gasteiger partial charge on any atom is 0.238 e. The molecule has 1 aliphatic rings. The molecular weight excluding hydrogens is 454 g/mol. The van der Waals surface area contributed by atoms with Crippen molar-refractivity contribution in [3.8, 4) is 5.75 Å². The number of nitrogens with one attached hydrogen (secondary N) is 1. The minimum atomic E-state index is -3.87. The maximum absolute atomic E-state index is 12.5. The predicted octanol–water partition coefficient (Wildman–Crippen LogP) is 1.36. The van der Waals surface area contributed by atoms with Gasteiger partial charge in [0.15, 0.2) is 9.84 Å². The molecule has 0 bridgehead atoms. The Morgan fingerprint density at radius 2 is 1.94 bits per heavy atom. The van der Waals surface area contributed by atoms with Gasteiger partial charge in [-0.2, -0.15) is 0 Å².